The topological polar surface area (TPSA) is 37.8 Å². The first-order valence-electron chi connectivity index (χ1n) is 3.87. The zero-order chi connectivity index (χ0) is 10.8. The van der Waals surface area contributed by atoms with E-state index in [1.165, 1.54) is 18.2 Å². The van der Waals surface area contributed by atoms with Gasteiger partial charge in [-0.3, -0.25) is 0 Å². The molecule has 0 amide bonds. The molecule has 0 radical (unpaired) electrons. The Morgan fingerprint density at radius 1 is 1.27 bits per heavy atom. The van der Waals surface area contributed by atoms with Gasteiger partial charge in [-0.05, 0) is 18.2 Å². The molecule has 0 unspecified atom stereocenters. The van der Waals surface area contributed by atoms with Gasteiger partial charge in [0.05, 0.1) is 17.4 Å². The molecular weight excluding hydrogens is 260 g/mol. The molecule has 1 N–H and O–H groups in total. The lowest BCUT2D eigenvalue weighted by atomic mass is 10.3. The van der Waals surface area contributed by atoms with Gasteiger partial charge in [-0.25, -0.2) is 4.39 Å². The van der Waals surface area contributed by atoms with Crippen molar-refractivity contribution < 1.29 is 4.39 Å². The lowest BCUT2D eigenvalue weighted by Crippen LogP contribution is -1.94. The summed E-state index contributed by atoms with van der Waals surface area (Å²) in [7, 11) is 0. The summed E-state index contributed by atoms with van der Waals surface area (Å²) < 4.78 is 20.9. The Kier molecular flexibility index (Phi) is 3.04. The van der Waals surface area contributed by atoms with Gasteiger partial charge >= 0.3 is 0 Å². The molecule has 0 aliphatic carbocycles. The highest BCUT2D eigenvalue weighted by Crippen LogP contribution is 2.26. The second-order valence-electron chi connectivity index (χ2n) is 2.65. The van der Waals surface area contributed by atoms with Crippen molar-refractivity contribution >= 4 is 46.4 Å². The minimum atomic E-state index is -0.427. The van der Waals surface area contributed by atoms with Crippen LogP contribution in [0.4, 0.5) is 15.9 Å². The van der Waals surface area contributed by atoms with Crippen LogP contribution in [0.5, 0.6) is 0 Å². The predicted octanol–water partition coefficient (Wildman–Crippen LogP) is 3.73. The largest absolute Gasteiger partial charge is 0.334 e. The van der Waals surface area contributed by atoms with Gasteiger partial charge in [0.25, 0.3) is 0 Å². The molecule has 0 aliphatic heterocycles. The van der Waals surface area contributed by atoms with Crippen LogP contribution in [0.1, 0.15) is 0 Å². The number of benzene rings is 1. The van der Waals surface area contributed by atoms with Gasteiger partial charge in [0.15, 0.2) is 11.0 Å². The van der Waals surface area contributed by atoms with Crippen molar-refractivity contribution in [3.8, 4) is 0 Å². The fourth-order valence-electron chi connectivity index (χ4n) is 0.973. The standard InChI is InChI=1S/C8H4Cl2FN3S/c9-4-1-2-5(11)6(3-4)12-8-7(10)13-15-14-8/h1-3H,(H,12,14). The minimum absolute atomic E-state index is 0.208. The molecule has 0 saturated heterocycles. The van der Waals surface area contributed by atoms with Crippen molar-refractivity contribution in [2.45, 2.75) is 0 Å². The molecule has 78 valence electrons. The maximum absolute atomic E-state index is 13.3. The molecule has 0 aliphatic rings. The van der Waals surface area contributed by atoms with E-state index in [2.05, 4.69) is 14.1 Å². The van der Waals surface area contributed by atoms with Crippen LogP contribution in [0, 0.1) is 5.82 Å². The number of nitrogens with one attached hydrogen (secondary N) is 1. The highest BCUT2D eigenvalue weighted by atomic mass is 35.5. The Morgan fingerprint density at radius 2 is 2.07 bits per heavy atom. The van der Waals surface area contributed by atoms with Crippen LogP contribution in [-0.4, -0.2) is 8.75 Å². The third-order valence-corrected chi connectivity index (χ3v) is 2.76. The molecule has 2 aromatic rings. The summed E-state index contributed by atoms with van der Waals surface area (Å²) >= 11 is 12.4. The van der Waals surface area contributed by atoms with Gasteiger partial charge in [-0.2, -0.15) is 8.75 Å². The van der Waals surface area contributed by atoms with E-state index in [9.17, 15) is 4.39 Å². The molecule has 2 rings (SSSR count). The third-order valence-electron chi connectivity index (χ3n) is 1.63. The normalized spacial score (nSPS) is 10.3. The Bertz CT molecular complexity index is 488. The SMILES string of the molecule is Fc1ccc(Cl)cc1Nc1nsnc1Cl. The number of hydrogen-bond acceptors (Lipinski definition) is 4. The fourth-order valence-corrected chi connectivity index (χ4v) is 1.79. The number of halogens is 3. The monoisotopic (exact) mass is 263 g/mol. The van der Waals surface area contributed by atoms with Crippen LogP contribution in [0.3, 0.4) is 0 Å². The summed E-state index contributed by atoms with van der Waals surface area (Å²) in [5.41, 5.74) is 0.220. The summed E-state index contributed by atoms with van der Waals surface area (Å²) in [6.45, 7) is 0. The zero-order valence-electron chi connectivity index (χ0n) is 7.17. The summed E-state index contributed by atoms with van der Waals surface area (Å²) in [6, 6.07) is 4.17. The lowest BCUT2D eigenvalue weighted by molar-refractivity contribution is 0.632. The smallest absolute Gasteiger partial charge is 0.187 e. The van der Waals surface area contributed by atoms with Gasteiger partial charge in [-0.15, -0.1) is 0 Å². The van der Waals surface area contributed by atoms with Crippen LogP contribution in [0.25, 0.3) is 0 Å². The molecular formula is C8H4Cl2FN3S. The van der Waals surface area contributed by atoms with Gasteiger partial charge in [0.2, 0.25) is 0 Å². The van der Waals surface area contributed by atoms with Crippen LogP contribution < -0.4 is 5.32 Å². The first kappa shape index (κ1) is 10.6. The average Bonchev–Trinajstić information content (AvgIpc) is 2.58. The Hall–Kier alpha value is -0.910. The molecule has 0 saturated carbocycles. The Morgan fingerprint density at radius 3 is 2.73 bits per heavy atom. The van der Waals surface area contributed by atoms with Crippen LogP contribution >= 0.6 is 34.9 Å². The molecule has 0 fully saturated rings. The number of rotatable bonds is 2. The van der Waals surface area contributed by atoms with E-state index < -0.39 is 5.82 Å². The molecule has 1 aromatic heterocycles. The Labute approximate surface area is 99.2 Å². The second-order valence-corrected chi connectivity index (χ2v) is 3.98. The quantitative estimate of drug-likeness (QED) is 0.898. The van der Waals surface area contributed by atoms with E-state index in [1.807, 2.05) is 0 Å². The summed E-state index contributed by atoms with van der Waals surface area (Å²) in [6.07, 6.45) is 0. The van der Waals surface area contributed by atoms with Crippen LogP contribution in [0.15, 0.2) is 18.2 Å². The van der Waals surface area contributed by atoms with Crippen molar-refractivity contribution in [3.05, 3.63) is 34.2 Å². The van der Waals surface area contributed by atoms with Gasteiger partial charge in [0, 0.05) is 5.02 Å². The summed E-state index contributed by atoms with van der Waals surface area (Å²) in [5.74, 6) is -0.105. The molecule has 1 heterocycles. The van der Waals surface area contributed by atoms with Crippen molar-refractivity contribution in [1.82, 2.24) is 8.75 Å². The summed E-state index contributed by atoms with van der Waals surface area (Å²) in [4.78, 5) is 0. The minimum Gasteiger partial charge on any atom is -0.334 e. The predicted molar refractivity (Wildman–Crippen MR) is 59.6 cm³/mol. The van der Waals surface area contributed by atoms with Gasteiger partial charge in [0.1, 0.15) is 5.82 Å². The molecule has 7 heteroatoms. The van der Waals surface area contributed by atoms with E-state index in [-0.39, 0.29) is 10.8 Å². The molecule has 0 bridgehead atoms. The van der Waals surface area contributed by atoms with E-state index in [0.717, 1.165) is 11.7 Å². The van der Waals surface area contributed by atoms with Crippen molar-refractivity contribution in [2.24, 2.45) is 0 Å². The molecule has 0 atom stereocenters. The van der Waals surface area contributed by atoms with Crippen LogP contribution in [-0.2, 0) is 0 Å². The van der Waals surface area contributed by atoms with Crippen LogP contribution in [0.2, 0.25) is 10.2 Å². The second kappa shape index (κ2) is 4.30. The summed E-state index contributed by atoms with van der Waals surface area (Å²) in [5, 5.41) is 3.34. The van der Waals surface area contributed by atoms with E-state index >= 15 is 0 Å². The third kappa shape index (κ3) is 2.37. The number of nitrogens with zero attached hydrogens (tertiary/aromatic N) is 2. The Balaban J connectivity index is 2.32. The molecule has 0 spiro atoms. The lowest BCUT2D eigenvalue weighted by Gasteiger charge is -2.04. The van der Waals surface area contributed by atoms with Crippen molar-refractivity contribution in [2.75, 3.05) is 5.32 Å². The number of hydrogen-bond donors (Lipinski definition) is 1. The highest BCUT2D eigenvalue weighted by Gasteiger charge is 2.08. The number of anilines is 2. The fraction of sp³-hybridized carbons (Fsp3) is 0. The van der Waals surface area contributed by atoms with Gasteiger partial charge < -0.3 is 5.32 Å². The van der Waals surface area contributed by atoms with Crippen molar-refractivity contribution in [1.29, 1.82) is 0 Å². The average molecular weight is 264 g/mol. The van der Waals surface area contributed by atoms with E-state index in [4.69, 9.17) is 23.2 Å². The maximum Gasteiger partial charge on any atom is 0.187 e. The van der Waals surface area contributed by atoms with E-state index in [0.29, 0.717) is 10.8 Å². The van der Waals surface area contributed by atoms with Crippen molar-refractivity contribution in [3.63, 3.8) is 0 Å². The van der Waals surface area contributed by atoms with Gasteiger partial charge in [-0.1, -0.05) is 23.2 Å². The highest BCUT2D eigenvalue weighted by molar-refractivity contribution is 6.99. The number of aromatic nitrogens is 2. The first-order valence-corrected chi connectivity index (χ1v) is 5.35. The van der Waals surface area contributed by atoms with E-state index in [1.54, 1.807) is 0 Å². The molecule has 1 aromatic carbocycles. The maximum atomic E-state index is 13.3. The zero-order valence-corrected chi connectivity index (χ0v) is 9.50. The molecule has 3 nitrogen and oxygen atoms in total. The first-order chi connectivity index (χ1) is 7.16. The molecule has 15 heavy (non-hydrogen) atoms.